The van der Waals surface area contributed by atoms with Crippen LogP contribution in [0.25, 0.3) is 0 Å². The minimum Gasteiger partial charge on any atom is -0.481 e. The number of aliphatic carboxylic acids is 1. The van der Waals surface area contributed by atoms with Crippen molar-refractivity contribution in [2.75, 3.05) is 19.6 Å². The molecule has 0 saturated carbocycles. The van der Waals surface area contributed by atoms with Gasteiger partial charge >= 0.3 is 5.97 Å². The van der Waals surface area contributed by atoms with Gasteiger partial charge in [-0.15, -0.1) is 0 Å². The van der Waals surface area contributed by atoms with E-state index in [9.17, 15) is 27.5 Å². The second-order valence-electron chi connectivity index (χ2n) is 9.41. The van der Waals surface area contributed by atoms with Crippen molar-refractivity contribution in [3.05, 3.63) is 70.8 Å². The number of carboxylic acid groups (broad SMARTS) is 1. The van der Waals surface area contributed by atoms with Gasteiger partial charge in [-0.3, -0.25) is 4.79 Å². The Labute approximate surface area is 203 Å². The van der Waals surface area contributed by atoms with Crippen LogP contribution in [0.15, 0.2) is 36.4 Å². The second kappa shape index (κ2) is 12.5. The fourth-order valence-corrected chi connectivity index (χ4v) is 5.00. The van der Waals surface area contributed by atoms with E-state index in [-0.39, 0.29) is 23.5 Å². The number of carboxylic acids is 1. The van der Waals surface area contributed by atoms with E-state index < -0.39 is 34.8 Å². The molecule has 3 rings (SSSR count). The number of likely N-dealkylation sites (tertiary alicyclic amines) is 1. The third-order valence-electron chi connectivity index (χ3n) is 7.01. The molecule has 0 bridgehead atoms. The largest absolute Gasteiger partial charge is 0.481 e. The third-order valence-corrected chi connectivity index (χ3v) is 7.01. The predicted molar refractivity (Wildman–Crippen MR) is 125 cm³/mol. The lowest BCUT2D eigenvalue weighted by Gasteiger charge is -2.42. The molecular formula is C27H33F4NO3. The van der Waals surface area contributed by atoms with Crippen molar-refractivity contribution in [1.29, 1.82) is 0 Å². The standard InChI is InChI=1S/C27H33F4NO3/c28-22-10-8-20(17-24(22)30)27(35,21-9-11-23(29)25(31)18-21)19-12-15-32(16-13-19)14-6-4-2-1-3-5-7-26(33)34/h8-11,17-19,35H,1-7,12-16H2,(H,33,34). The average Bonchev–Trinajstić information content (AvgIpc) is 2.84. The van der Waals surface area contributed by atoms with Gasteiger partial charge in [0.1, 0.15) is 5.60 Å². The Hall–Kier alpha value is -2.45. The molecule has 0 radical (unpaired) electrons. The lowest BCUT2D eigenvalue weighted by molar-refractivity contribution is -0.137. The van der Waals surface area contributed by atoms with E-state index in [0.717, 1.165) is 62.9 Å². The highest BCUT2D eigenvalue weighted by Gasteiger charge is 2.42. The summed E-state index contributed by atoms with van der Waals surface area (Å²) in [7, 11) is 0. The smallest absolute Gasteiger partial charge is 0.303 e. The van der Waals surface area contributed by atoms with E-state index in [2.05, 4.69) is 4.90 Å². The lowest BCUT2D eigenvalue weighted by atomic mass is 9.72. The molecule has 2 aromatic carbocycles. The van der Waals surface area contributed by atoms with Gasteiger partial charge in [-0.05, 0) is 86.6 Å². The summed E-state index contributed by atoms with van der Waals surface area (Å²) in [5, 5.41) is 20.5. The van der Waals surface area contributed by atoms with Crippen LogP contribution in [-0.4, -0.2) is 40.7 Å². The summed E-state index contributed by atoms with van der Waals surface area (Å²) in [6.45, 7) is 2.29. The zero-order valence-electron chi connectivity index (χ0n) is 19.8. The van der Waals surface area contributed by atoms with Gasteiger partial charge in [0.05, 0.1) is 0 Å². The van der Waals surface area contributed by atoms with Crippen molar-refractivity contribution < 1.29 is 32.6 Å². The molecule has 4 nitrogen and oxygen atoms in total. The van der Waals surface area contributed by atoms with E-state index in [4.69, 9.17) is 5.11 Å². The number of nitrogens with zero attached hydrogens (tertiary/aromatic N) is 1. The van der Waals surface area contributed by atoms with Crippen LogP contribution in [0.3, 0.4) is 0 Å². The highest BCUT2D eigenvalue weighted by atomic mass is 19.2. The summed E-state index contributed by atoms with van der Waals surface area (Å²) in [4.78, 5) is 12.8. The Morgan fingerprint density at radius 3 is 1.77 bits per heavy atom. The van der Waals surface area contributed by atoms with Gasteiger partial charge in [-0.2, -0.15) is 0 Å². The molecule has 0 amide bonds. The molecule has 0 aromatic heterocycles. The Balaban J connectivity index is 1.60. The Morgan fingerprint density at radius 1 is 0.800 bits per heavy atom. The molecule has 35 heavy (non-hydrogen) atoms. The number of hydrogen-bond acceptors (Lipinski definition) is 3. The van der Waals surface area contributed by atoms with E-state index in [1.54, 1.807) is 0 Å². The van der Waals surface area contributed by atoms with E-state index >= 15 is 0 Å². The molecule has 8 heteroatoms. The van der Waals surface area contributed by atoms with Crippen molar-refractivity contribution in [1.82, 2.24) is 4.90 Å². The minimum absolute atomic E-state index is 0.115. The number of halogens is 4. The number of rotatable bonds is 12. The van der Waals surface area contributed by atoms with Crippen LogP contribution >= 0.6 is 0 Å². The van der Waals surface area contributed by atoms with Crippen molar-refractivity contribution in [2.24, 2.45) is 5.92 Å². The highest BCUT2D eigenvalue weighted by Crippen LogP contribution is 2.42. The van der Waals surface area contributed by atoms with Crippen molar-refractivity contribution in [3.8, 4) is 0 Å². The first-order valence-electron chi connectivity index (χ1n) is 12.3. The summed E-state index contributed by atoms with van der Waals surface area (Å²) in [5.41, 5.74) is -1.56. The molecule has 0 spiro atoms. The number of piperidine rings is 1. The Morgan fingerprint density at radius 2 is 1.29 bits per heavy atom. The first-order valence-corrected chi connectivity index (χ1v) is 12.3. The van der Waals surface area contributed by atoms with Gasteiger partial charge in [0.25, 0.3) is 0 Å². The van der Waals surface area contributed by atoms with Gasteiger partial charge < -0.3 is 15.1 Å². The summed E-state index contributed by atoms with van der Waals surface area (Å²) < 4.78 is 55.2. The second-order valence-corrected chi connectivity index (χ2v) is 9.41. The zero-order valence-corrected chi connectivity index (χ0v) is 19.8. The topological polar surface area (TPSA) is 60.8 Å². The fraction of sp³-hybridized carbons (Fsp3) is 0.519. The normalized spacial score (nSPS) is 15.5. The molecule has 192 valence electrons. The molecule has 1 aliphatic rings. The number of benzene rings is 2. The Kier molecular flexibility index (Phi) is 9.69. The van der Waals surface area contributed by atoms with Crippen LogP contribution < -0.4 is 0 Å². The van der Waals surface area contributed by atoms with Gasteiger partial charge in [-0.1, -0.05) is 37.8 Å². The first-order chi connectivity index (χ1) is 16.7. The molecule has 1 saturated heterocycles. The SMILES string of the molecule is O=C(O)CCCCCCCCN1CCC(C(O)(c2ccc(F)c(F)c2)c2ccc(F)c(F)c2)CC1. The van der Waals surface area contributed by atoms with E-state index in [0.29, 0.717) is 32.4 Å². The van der Waals surface area contributed by atoms with Crippen molar-refractivity contribution in [3.63, 3.8) is 0 Å². The highest BCUT2D eigenvalue weighted by molar-refractivity contribution is 5.66. The summed E-state index contributed by atoms with van der Waals surface area (Å²) in [5.74, 6) is -5.44. The lowest BCUT2D eigenvalue weighted by Crippen LogP contribution is -2.44. The van der Waals surface area contributed by atoms with Gasteiger partial charge in [0.2, 0.25) is 0 Å². The van der Waals surface area contributed by atoms with Crippen LogP contribution in [0.5, 0.6) is 0 Å². The molecule has 2 N–H and O–H groups in total. The van der Waals surface area contributed by atoms with Crippen LogP contribution in [-0.2, 0) is 10.4 Å². The predicted octanol–water partition coefficient (Wildman–Crippen LogP) is 6.01. The monoisotopic (exact) mass is 495 g/mol. The maximum Gasteiger partial charge on any atom is 0.303 e. The number of carbonyl (C=O) groups is 1. The van der Waals surface area contributed by atoms with Crippen LogP contribution in [0.1, 0.15) is 68.9 Å². The van der Waals surface area contributed by atoms with E-state index in [1.165, 1.54) is 12.1 Å². The Bertz CT molecular complexity index is 941. The molecule has 1 fully saturated rings. The molecular weight excluding hydrogens is 462 g/mol. The minimum atomic E-state index is -1.79. The first kappa shape index (κ1) is 27.1. The van der Waals surface area contributed by atoms with Gasteiger partial charge in [-0.25, -0.2) is 17.6 Å². The molecule has 1 heterocycles. The maximum absolute atomic E-state index is 14.0. The number of aliphatic hydroxyl groups is 1. The van der Waals surface area contributed by atoms with Crippen molar-refractivity contribution >= 4 is 5.97 Å². The maximum atomic E-state index is 14.0. The molecule has 2 aromatic rings. The zero-order chi connectivity index (χ0) is 25.4. The van der Waals surface area contributed by atoms with Crippen LogP contribution in [0.2, 0.25) is 0 Å². The summed E-state index contributed by atoms with van der Waals surface area (Å²) in [6.07, 6.45) is 7.11. The quantitative estimate of drug-likeness (QED) is 0.280. The van der Waals surface area contributed by atoms with Crippen molar-refractivity contribution in [2.45, 2.75) is 63.4 Å². The molecule has 0 unspecified atom stereocenters. The van der Waals surface area contributed by atoms with Gasteiger partial charge in [0.15, 0.2) is 23.3 Å². The average molecular weight is 496 g/mol. The van der Waals surface area contributed by atoms with Crippen LogP contribution in [0.4, 0.5) is 17.6 Å². The van der Waals surface area contributed by atoms with E-state index in [1.807, 2.05) is 0 Å². The summed E-state index contributed by atoms with van der Waals surface area (Å²) in [6, 6.07) is 6.32. The molecule has 0 aliphatic carbocycles. The molecule has 1 aliphatic heterocycles. The van der Waals surface area contributed by atoms with Gasteiger partial charge in [0, 0.05) is 6.42 Å². The van der Waals surface area contributed by atoms with Crippen LogP contribution in [0, 0.1) is 29.2 Å². The number of hydrogen-bond donors (Lipinski definition) is 2. The molecule has 0 atom stereocenters. The third kappa shape index (κ3) is 7.04. The number of unbranched alkanes of at least 4 members (excludes halogenated alkanes) is 5. The fourth-order valence-electron chi connectivity index (χ4n) is 5.00. The summed E-state index contributed by atoms with van der Waals surface area (Å²) >= 11 is 0.